The standard InChI is InChI=1S/C21H28N2O2.ClH/c1-15(2)9-10-23-11-12-25-19-6-4-5-17(14-19)20-8-7-18(21(22)24)13-16(20)3;/h4-8,13-15,23H,9-12H2,1-3H3,(H2,22,24);1H. The molecular weight excluding hydrogens is 348 g/mol. The molecule has 2 aromatic carbocycles. The van der Waals surface area contributed by atoms with E-state index in [9.17, 15) is 4.79 Å². The highest BCUT2D eigenvalue weighted by atomic mass is 35.5. The van der Waals surface area contributed by atoms with Crippen LogP contribution < -0.4 is 15.8 Å². The van der Waals surface area contributed by atoms with Crippen molar-refractivity contribution in [2.75, 3.05) is 19.7 Å². The molecule has 0 fully saturated rings. The number of hydrogen-bond donors (Lipinski definition) is 2. The minimum atomic E-state index is -0.406. The minimum absolute atomic E-state index is 0. The quantitative estimate of drug-likeness (QED) is 0.645. The number of nitrogens with one attached hydrogen (secondary N) is 1. The van der Waals surface area contributed by atoms with E-state index in [0.29, 0.717) is 18.1 Å². The van der Waals surface area contributed by atoms with Crippen LogP contribution in [0.5, 0.6) is 5.75 Å². The molecule has 0 aromatic heterocycles. The van der Waals surface area contributed by atoms with Gasteiger partial charge in [-0.3, -0.25) is 4.79 Å². The number of carbonyl (C=O) groups excluding carboxylic acids is 1. The molecule has 0 saturated heterocycles. The minimum Gasteiger partial charge on any atom is -0.492 e. The summed E-state index contributed by atoms with van der Waals surface area (Å²) in [5, 5.41) is 3.39. The molecule has 0 aliphatic rings. The molecular formula is C21H29ClN2O2. The number of primary amides is 1. The van der Waals surface area contributed by atoms with Gasteiger partial charge in [-0.15, -0.1) is 12.4 Å². The molecule has 0 atom stereocenters. The summed E-state index contributed by atoms with van der Waals surface area (Å²) in [5.74, 6) is 1.16. The van der Waals surface area contributed by atoms with Gasteiger partial charge in [0.2, 0.25) is 5.91 Å². The molecule has 142 valence electrons. The number of nitrogens with two attached hydrogens (primary N) is 1. The zero-order valence-electron chi connectivity index (χ0n) is 15.7. The van der Waals surface area contributed by atoms with Gasteiger partial charge in [0.05, 0.1) is 0 Å². The highest BCUT2D eigenvalue weighted by Crippen LogP contribution is 2.27. The van der Waals surface area contributed by atoms with E-state index < -0.39 is 5.91 Å². The third-order valence-electron chi connectivity index (χ3n) is 4.10. The molecule has 0 heterocycles. The molecule has 0 radical (unpaired) electrons. The smallest absolute Gasteiger partial charge is 0.248 e. The first kappa shape index (κ1) is 22.0. The van der Waals surface area contributed by atoms with Gasteiger partial charge in [-0.2, -0.15) is 0 Å². The van der Waals surface area contributed by atoms with E-state index >= 15 is 0 Å². The van der Waals surface area contributed by atoms with E-state index in [1.807, 2.05) is 43.3 Å². The van der Waals surface area contributed by atoms with Crippen LogP contribution >= 0.6 is 12.4 Å². The first-order valence-electron chi connectivity index (χ1n) is 8.82. The first-order chi connectivity index (χ1) is 12.0. The Balaban J connectivity index is 0.00000338. The molecule has 2 aromatic rings. The predicted octanol–water partition coefficient (Wildman–Crippen LogP) is 4.20. The zero-order chi connectivity index (χ0) is 18.2. The molecule has 3 N–H and O–H groups in total. The van der Waals surface area contributed by atoms with E-state index in [1.54, 1.807) is 6.07 Å². The molecule has 0 unspecified atom stereocenters. The van der Waals surface area contributed by atoms with Crippen molar-refractivity contribution in [2.45, 2.75) is 27.2 Å². The van der Waals surface area contributed by atoms with Crippen molar-refractivity contribution >= 4 is 18.3 Å². The maximum atomic E-state index is 11.3. The normalized spacial score (nSPS) is 10.5. The SMILES string of the molecule is Cc1cc(C(N)=O)ccc1-c1cccc(OCCNCCC(C)C)c1.Cl. The lowest BCUT2D eigenvalue weighted by atomic mass is 9.98. The Hall–Kier alpha value is -2.04. The molecule has 1 amide bonds. The molecule has 0 aliphatic heterocycles. The van der Waals surface area contributed by atoms with Gasteiger partial charge >= 0.3 is 0 Å². The fourth-order valence-corrected chi connectivity index (χ4v) is 2.65. The van der Waals surface area contributed by atoms with E-state index in [-0.39, 0.29) is 12.4 Å². The third kappa shape index (κ3) is 6.70. The largest absolute Gasteiger partial charge is 0.492 e. The maximum absolute atomic E-state index is 11.3. The van der Waals surface area contributed by atoms with Crippen LogP contribution in [0.3, 0.4) is 0 Å². The number of carbonyl (C=O) groups is 1. The second-order valence-corrected chi connectivity index (χ2v) is 6.70. The van der Waals surface area contributed by atoms with Gasteiger partial charge in [0, 0.05) is 12.1 Å². The lowest BCUT2D eigenvalue weighted by Gasteiger charge is -2.11. The average Bonchev–Trinajstić information content (AvgIpc) is 2.57. The molecule has 0 saturated carbocycles. The summed E-state index contributed by atoms with van der Waals surface area (Å²) in [7, 11) is 0. The first-order valence-corrected chi connectivity index (χ1v) is 8.82. The molecule has 4 nitrogen and oxygen atoms in total. The second kappa shape index (κ2) is 10.8. The fourth-order valence-electron chi connectivity index (χ4n) is 2.65. The highest BCUT2D eigenvalue weighted by molar-refractivity contribution is 5.93. The molecule has 2 rings (SSSR count). The maximum Gasteiger partial charge on any atom is 0.248 e. The zero-order valence-corrected chi connectivity index (χ0v) is 16.6. The van der Waals surface area contributed by atoms with Crippen LogP contribution in [0.1, 0.15) is 36.2 Å². The van der Waals surface area contributed by atoms with E-state index in [2.05, 4.69) is 19.2 Å². The van der Waals surface area contributed by atoms with Crippen molar-refractivity contribution in [3.05, 3.63) is 53.6 Å². The summed E-state index contributed by atoms with van der Waals surface area (Å²) in [4.78, 5) is 11.3. The lowest BCUT2D eigenvalue weighted by Crippen LogP contribution is -2.23. The van der Waals surface area contributed by atoms with Gasteiger partial charge in [-0.25, -0.2) is 0 Å². The Kier molecular flexibility index (Phi) is 9.17. The van der Waals surface area contributed by atoms with Crippen molar-refractivity contribution in [3.8, 4) is 16.9 Å². The number of hydrogen-bond acceptors (Lipinski definition) is 3. The summed E-state index contributed by atoms with van der Waals surface area (Å²) >= 11 is 0. The van der Waals surface area contributed by atoms with E-state index in [1.165, 1.54) is 6.42 Å². The molecule has 0 bridgehead atoms. The van der Waals surface area contributed by atoms with E-state index in [4.69, 9.17) is 10.5 Å². The molecule has 5 heteroatoms. The Labute approximate surface area is 162 Å². The monoisotopic (exact) mass is 376 g/mol. The van der Waals surface area contributed by atoms with Gasteiger partial charge in [-0.1, -0.05) is 32.0 Å². The topological polar surface area (TPSA) is 64.4 Å². The molecule has 0 spiro atoms. The van der Waals surface area contributed by atoms with Crippen molar-refractivity contribution in [1.82, 2.24) is 5.32 Å². The predicted molar refractivity (Wildman–Crippen MR) is 110 cm³/mol. The van der Waals surface area contributed by atoms with Crippen LogP contribution in [0.4, 0.5) is 0 Å². The summed E-state index contributed by atoms with van der Waals surface area (Å²) in [6, 6.07) is 13.5. The van der Waals surface area contributed by atoms with Crippen LogP contribution in [-0.4, -0.2) is 25.6 Å². The number of benzene rings is 2. The number of halogens is 1. The Morgan fingerprint density at radius 2 is 1.92 bits per heavy atom. The van der Waals surface area contributed by atoms with Crippen molar-refractivity contribution in [1.29, 1.82) is 0 Å². The van der Waals surface area contributed by atoms with Crippen LogP contribution in [0.15, 0.2) is 42.5 Å². The fraction of sp³-hybridized carbons (Fsp3) is 0.381. The lowest BCUT2D eigenvalue weighted by molar-refractivity contribution is 0.1000. The third-order valence-corrected chi connectivity index (χ3v) is 4.10. The van der Waals surface area contributed by atoms with Gasteiger partial charge in [0.1, 0.15) is 12.4 Å². The van der Waals surface area contributed by atoms with Crippen LogP contribution in [0.25, 0.3) is 11.1 Å². The summed E-state index contributed by atoms with van der Waals surface area (Å²) in [6.07, 6.45) is 1.18. The molecule has 26 heavy (non-hydrogen) atoms. The number of aryl methyl sites for hydroxylation is 1. The van der Waals surface area contributed by atoms with Gasteiger partial charge in [-0.05, 0) is 66.8 Å². The van der Waals surface area contributed by atoms with Gasteiger partial charge in [0.15, 0.2) is 0 Å². The van der Waals surface area contributed by atoms with Gasteiger partial charge in [0.25, 0.3) is 0 Å². The van der Waals surface area contributed by atoms with Gasteiger partial charge < -0.3 is 15.8 Å². The number of ether oxygens (including phenoxy) is 1. The molecule has 0 aliphatic carbocycles. The van der Waals surface area contributed by atoms with Crippen molar-refractivity contribution < 1.29 is 9.53 Å². The summed E-state index contributed by atoms with van der Waals surface area (Å²) in [5.41, 5.74) is 9.03. The van der Waals surface area contributed by atoms with Crippen molar-refractivity contribution in [2.24, 2.45) is 11.7 Å². The number of rotatable bonds is 9. The Bertz CT molecular complexity index is 717. The highest BCUT2D eigenvalue weighted by Gasteiger charge is 2.07. The second-order valence-electron chi connectivity index (χ2n) is 6.70. The van der Waals surface area contributed by atoms with Crippen LogP contribution in [-0.2, 0) is 0 Å². The van der Waals surface area contributed by atoms with Crippen molar-refractivity contribution in [3.63, 3.8) is 0 Å². The van der Waals surface area contributed by atoms with E-state index in [0.717, 1.165) is 35.5 Å². The summed E-state index contributed by atoms with van der Waals surface area (Å²) in [6.45, 7) is 8.92. The summed E-state index contributed by atoms with van der Waals surface area (Å²) < 4.78 is 5.84. The Morgan fingerprint density at radius 1 is 1.15 bits per heavy atom. The van der Waals surface area contributed by atoms with Crippen LogP contribution in [0, 0.1) is 12.8 Å². The number of amides is 1. The van der Waals surface area contributed by atoms with Crippen LogP contribution in [0.2, 0.25) is 0 Å². The average molecular weight is 377 g/mol. The Morgan fingerprint density at radius 3 is 2.58 bits per heavy atom.